The fourth-order valence-corrected chi connectivity index (χ4v) is 3.91. The van der Waals surface area contributed by atoms with Gasteiger partial charge in [0.1, 0.15) is 5.75 Å². The highest BCUT2D eigenvalue weighted by Gasteiger charge is 2.40. The maximum atomic E-state index is 13.2. The van der Waals surface area contributed by atoms with E-state index in [4.69, 9.17) is 4.74 Å². The third kappa shape index (κ3) is 3.69. The molecule has 1 aliphatic heterocycles. The van der Waals surface area contributed by atoms with Gasteiger partial charge in [0.2, 0.25) is 0 Å². The number of amides is 1. The summed E-state index contributed by atoms with van der Waals surface area (Å²) in [6.45, 7) is 4.42. The minimum absolute atomic E-state index is 0.188. The van der Waals surface area contributed by atoms with Crippen LogP contribution in [0.1, 0.15) is 33.9 Å². The molecular weight excluding hydrogens is 374 g/mol. The number of carbonyl (C=O) groups excluding carboxylic acids is 1. The van der Waals surface area contributed by atoms with Gasteiger partial charge in [-0.1, -0.05) is 71.8 Å². The third-order valence-corrected chi connectivity index (χ3v) is 5.55. The number of benzene rings is 3. The highest BCUT2D eigenvalue weighted by Crippen LogP contribution is 2.43. The van der Waals surface area contributed by atoms with Crippen molar-refractivity contribution in [1.82, 2.24) is 4.90 Å². The standard InChI is InChI=1S/C26H25NO3/c1-17-7-11-20(12-8-17)23-24(21-13-9-18(2)10-14-21)27(26(29)25(23)28)16-19-5-4-6-22(15-19)30-3/h4-15,24,28H,16H2,1-3H3/t24-/m0/s1. The number of aliphatic hydroxyl groups excluding tert-OH is 1. The molecule has 1 N–H and O–H groups in total. The number of aliphatic hydroxyl groups is 1. The van der Waals surface area contributed by atoms with E-state index in [-0.39, 0.29) is 17.7 Å². The topological polar surface area (TPSA) is 49.8 Å². The van der Waals surface area contributed by atoms with Crippen LogP contribution in [-0.2, 0) is 11.3 Å². The molecule has 1 heterocycles. The number of methoxy groups -OCH3 is 1. The molecule has 30 heavy (non-hydrogen) atoms. The summed E-state index contributed by atoms with van der Waals surface area (Å²) in [5.74, 6) is 0.188. The molecule has 0 saturated heterocycles. The molecule has 0 aromatic heterocycles. The number of aryl methyl sites for hydroxylation is 2. The van der Waals surface area contributed by atoms with Gasteiger partial charge in [-0.3, -0.25) is 4.79 Å². The van der Waals surface area contributed by atoms with Crippen LogP contribution < -0.4 is 4.74 Å². The van der Waals surface area contributed by atoms with Crippen molar-refractivity contribution in [2.75, 3.05) is 7.11 Å². The van der Waals surface area contributed by atoms with Crippen molar-refractivity contribution in [3.8, 4) is 5.75 Å². The van der Waals surface area contributed by atoms with Gasteiger partial charge in [0, 0.05) is 12.1 Å². The first kappa shape index (κ1) is 19.8. The van der Waals surface area contributed by atoms with Gasteiger partial charge in [0.15, 0.2) is 5.76 Å². The molecule has 4 heteroatoms. The van der Waals surface area contributed by atoms with E-state index in [1.807, 2.05) is 86.6 Å². The average molecular weight is 399 g/mol. The SMILES string of the molecule is COc1cccc(CN2C(=O)C(O)=C(c3ccc(C)cc3)[C@@H]2c2ccc(C)cc2)c1. The van der Waals surface area contributed by atoms with Gasteiger partial charge in [-0.15, -0.1) is 0 Å². The Labute approximate surface area is 177 Å². The maximum absolute atomic E-state index is 13.2. The summed E-state index contributed by atoms with van der Waals surface area (Å²) in [7, 11) is 1.62. The molecule has 3 aromatic carbocycles. The fraction of sp³-hybridized carbons (Fsp3) is 0.192. The van der Waals surface area contributed by atoms with E-state index >= 15 is 0 Å². The van der Waals surface area contributed by atoms with Gasteiger partial charge in [-0.25, -0.2) is 0 Å². The van der Waals surface area contributed by atoms with Crippen LogP contribution in [0, 0.1) is 13.8 Å². The van der Waals surface area contributed by atoms with Crippen LogP contribution in [0.2, 0.25) is 0 Å². The monoisotopic (exact) mass is 399 g/mol. The Bertz CT molecular complexity index is 1100. The van der Waals surface area contributed by atoms with Crippen LogP contribution in [-0.4, -0.2) is 23.0 Å². The highest BCUT2D eigenvalue weighted by molar-refractivity contribution is 6.05. The lowest BCUT2D eigenvalue weighted by atomic mass is 9.92. The molecule has 3 aromatic rings. The van der Waals surface area contributed by atoms with Crippen molar-refractivity contribution < 1.29 is 14.6 Å². The Morgan fingerprint density at radius 2 is 1.57 bits per heavy atom. The van der Waals surface area contributed by atoms with E-state index in [2.05, 4.69) is 0 Å². The van der Waals surface area contributed by atoms with Crippen LogP contribution in [0.5, 0.6) is 5.75 Å². The van der Waals surface area contributed by atoms with Gasteiger partial charge in [-0.05, 0) is 42.7 Å². The Morgan fingerprint density at radius 3 is 2.20 bits per heavy atom. The lowest BCUT2D eigenvalue weighted by Crippen LogP contribution is -2.29. The fourth-order valence-electron chi connectivity index (χ4n) is 3.91. The van der Waals surface area contributed by atoms with E-state index in [0.717, 1.165) is 33.6 Å². The van der Waals surface area contributed by atoms with E-state index in [1.165, 1.54) is 0 Å². The smallest absolute Gasteiger partial charge is 0.290 e. The second kappa shape index (κ2) is 8.07. The zero-order valence-electron chi connectivity index (χ0n) is 17.4. The number of hydrogen-bond acceptors (Lipinski definition) is 3. The van der Waals surface area contributed by atoms with Gasteiger partial charge >= 0.3 is 0 Å². The van der Waals surface area contributed by atoms with E-state index in [9.17, 15) is 9.90 Å². The first-order chi connectivity index (χ1) is 14.5. The van der Waals surface area contributed by atoms with Crippen molar-refractivity contribution in [2.45, 2.75) is 26.4 Å². The molecule has 0 aliphatic carbocycles. The zero-order valence-corrected chi connectivity index (χ0v) is 17.4. The minimum Gasteiger partial charge on any atom is -0.503 e. The lowest BCUT2D eigenvalue weighted by Gasteiger charge is -2.28. The van der Waals surface area contributed by atoms with Gasteiger partial charge < -0.3 is 14.7 Å². The van der Waals surface area contributed by atoms with Crippen molar-refractivity contribution in [1.29, 1.82) is 0 Å². The number of rotatable bonds is 5. The van der Waals surface area contributed by atoms with E-state index in [0.29, 0.717) is 12.1 Å². The van der Waals surface area contributed by atoms with Crippen LogP contribution in [0.3, 0.4) is 0 Å². The first-order valence-corrected chi connectivity index (χ1v) is 9.98. The first-order valence-electron chi connectivity index (χ1n) is 9.98. The Balaban J connectivity index is 1.79. The summed E-state index contributed by atoms with van der Waals surface area (Å²) in [6.07, 6.45) is 0. The number of carbonyl (C=O) groups is 1. The van der Waals surface area contributed by atoms with Crippen molar-refractivity contribution in [3.63, 3.8) is 0 Å². The number of nitrogens with zero attached hydrogens (tertiary/aromatic N) is 1. The summed E-state index contributed by atoms with van der Waals surface area (Å²) in [4.78, 5) is 14.9. The largest absolute Gasteiger partial charge is 0.503 e. The normalized spacial score (nSPS) is 16.3. The van der Waals surface area contributed by atoms with Crippen molar-refractivity contribution in [2.24, 2.45) is 0 Å². The third-order valence-electron chi connectivity index (χ3n) is 5.55. The van der Waals surface area contributed by atoms with Crippen LogP contribution in [0.15, 0.2) is 78.6 Å². The molecule has 1 aliphatic rings. The number of ether oxygens (including phenoxy) is 1. The average Bonchev–Trinajstić information content (AvgIpc) is 3.00. The van der Waals surface area contributed by atoms with Crippen LogP contribution in [0.4, 0.5) is 0 Å². The molecule has 1 amide bonds. The molecule has 0 saturated carbocycles. The predicted octanol–water partition coefficient (Wildman–Crippen LogP) is 5.36. The molecule has 0 fully saturated rings. The van der Waals surface area contributed by atoms with Crippen LogP contribution >= 0.6 is 0 Å². The molecule has 1 atom stereocenters. The Hall–Kier alpha value is -3.53. The summed E-state index contributed by atoms with van der Waals surface area (Å²) in [5, 5.41) is 10.9. The second-order valence-corrected chi connectivity index (χ2v) is 7.73. The predicted molar refractivity (Wildman–Crippen MR) is 118 cm³/mol. The van der Waals surface area contributed by atoms with Gasteiger partial charge in [0.25, 0.3) is 5.91 Å². The second-order valence-electron chi connectivity index (χ2n) is 7.73. The molecular formula is C26H25NO3. The van der Waals surface area contributed by atoms with E-state index < -0.39 is 0 Å². The molecule has 4 nitrogen and oxygen atoms in total. The Kier molecular flexibility index (Phi) is 5.32. The van der Waals surface area contributed by atoms with Crippen molar-refractivity contribution >= 4 is 11.5 Å². The molecule has 0 unspecified atom stereocenters. The zero-order chi connectivity index (χ0) is 21.3. The molecule has 152 valence electrons. The van der Waals surface area contributed by atoms with E-state index in [1.54, 1.807) is 12.0 Å². The number of hydrogen-bond donors (Lipinski definition) is 1. The van der Waals surface area contributed by atoms with Crippen molar-refractivity contribution in [3.05, 3.63) is 106 Å². The summed E-state index contributed by atoms with van der Waals surface area (Å²) >= 11 is 0. The molecule has 4 rings (SSSR count). The lowest BCUT2D eigenvalue weighted by molar-refractivity contribution is -0.130. The van der Waals surface area contributed by atoms with Gasteiger partial charge in [0.05, 0.1) is 13.2 Å². The van der Waals surface area contributed by atoms with Crippen LogP contribution in [0.25, 0.3) is 5.57 Å². The molecule has 0 spiro atoms. The summed E-state index contributed by atoms with van der Waals surface area (Å²) in [6, 6.07) is 23.3. The van der Waals surface area contributed by atoms with Gasteiger partial charge in [-0.2, -0.15) is 0 Å². The summed E-state index contributed by atoms with van der Waals surface area (Å²) in [5.41, 5.74) is 5.68. The minimum atomic E-state index is -0.369. The summed E-state index contributed by atoms with van der Waals surface area (Å²) < 4.78 is 5.33. The maximum Gasteiger partial charge on any atom is 0.290 e. The molecule has 0 radical (unpaired) electrons. The molecule has 0 bridgehead atoms. The quantitative estimate of drug-likeness (QED) is 0.628. The Morgan fingerprint density at radius 1 is 0.933 bits per heavy atom. The highest BCUT2D eigenvalue weighted by atomic mass is 16.5.